The second-order valence-electron chi connectivity index (χ2n) is 7.93. The Hall–Kier alpha value is -2.23. The number of sulfonamides is 1. The van der Waals surface area contributed by atoms with Crippen molar-refractivity contribution in [3.63, 3.8) is 0 Å². The number of rotatable bonds is 8. The summed E-state index contributed by atoms with van der Waals surface area (Å²) in [5, 5.41) is 3.08. The van der Waals surface area contributed by atoms with Crippen molar-refractivity contribution in [3.05, 3.63) is 47.9 Å². The zero-order valence-corrected chi connectivity index (χ0v) is 18.7. The van der Waals surface area contributed by atoms with Crippen molar-refractivity contribution in [1.29, 1.82) is 0 Å². The lowest BCUT2D eigenvalue weighted by atomic mass is 9.97. The Morgan fingerprint density at radius 1 is 1.23 bits per heavy atom. The summed E-state index contributed by atoms with van der Waals surface area (Å²) in [4.78, 5) is 18.8. The van der Waals surface area contributed by atoms with Crippen molar-refractivity contribution in [2.45, 2.75) is 31.3 Å². The number of aryl methyl sites for hydroxylation is 2. The molecule has 3 rings (SSSR count). The Balaban J connectivity index is 1.42. The molecule has 0 unspecified atom stereocenters. The van der Waals surface area contributed by atoms with Crippen LogP contribution in [0.5, 0.6) is 0 Å². The predicted molar refractivity (Wildman–Crippen MR) is 115 cm³/mol. The molecule has 0 aliphatic carbocycles. The lowest BCUT2D eigenvalue weighted by Crippen LogP contribution is -2.44. The van der Waals surface area contributed by atoms with Gasteiger partial charge in [0.2, 0.25) is 5.91 Å². The van der Waals surface area contributed by atoms with Gasteiger partial charge in [0.25, 0.3) is 10.0 Å². The molecule has 2 heterocycles. The molecule has 2 aromatic rings. The molecule has 1 aliphatic heterocycles. The number of likely N-dealkylation sites (N-methyl/N-ethyl adjacent to an activating group) is 1. The SMILES string of the molecule is Cc1nc(S(=O)(=O)N2CCC(C(=O)NCCN(C)Cc3ccccc3)CC2)cn1C. The number of imidazole rings is 1. The topological polar surface area (TPSA) is 87.5 Å². The highest BCUT2D eigenvalue weighted by Gasteiger charge is 2.33. The summed E-state index contributed by atoms with van der Waals surface area (Å²) in [6, 6.07) is 10.2. The van der Waals surface area contributed by atoms with E-state index in [2.05, 4.69) is 27.3 Å². The van der Waals surface area contributed by atoms with Crippen molar-refractivity contribution in [2.24, 2.45) is 13.0 Å². The number of carbonyl (C=O) groups excluding carboxylic acids is 1. The van der Waals surface area contributed by atoms with Crippen molar-refractivity contribution in [3.8, 4) is 0 Å². The lowest BCUT2D eigenvalue weighted by molar-refractivity contribution is -0.126. The van der Waals surface area contributed by atoms with Crippen LogP contribution in [0, 0.1) is 12.8 Å². The van der Waals surface area contributed by atoms with Gasteiger partial charge in [-0.3, -0.25) is 4.79 Å². The molecule has 1 aliphatic rings. The molecule has 8 nitrogen and oxygen atoms in total. The van der Waals surface area contributed by atoms with Crippen LogP contribution in [0.15, 0.2) is 41.6 Å². The molecule has 1 amide bonds. The number of amides is 1. The summed E-state index contributed by atoms with van der Waals surface area (Å²) < 4.78 is 28.7. The summed E-state index contributed by atoms with van der Waals surface area (Å²) in [5.74, 6) is 0.509. The van der Waals surface area contributed by atoms with Crippen LogP contribution in [0.25, 0.3) is 0 Å². The van der Waals surface area contributed by atoms with Gasteiger partial charge >= 0.3 is 0 Å². The summed E-state index contributed by atoms with van der Waals surface area (Å²) in [6.07, 6.45) is 2.59. The van der Waals surface area contributed by atoms with Crippen LogP contribution in [-0.4, -0.2) is 66.3 Å². The normalized spacial score (nSPS) is 16.1. The van der Waals surface area contributed by atoms with Gasteiger partial charge in [-0.2, -0.15) is 4.31 Å². The lowest BCUT2D eigenvalue weighted by Gasteiger charge is -2.30. The third kappa shape index (κ3) is 5.47. The monoisotopic (exact) mass is 433 g/mol. The summed E-state index contributed by atoms with van der Waals surface area (Å²) in [7, 11) is 0.195. The Kier molecular flexibility index (Phi) is 7.27. The average molecular weight is 434 g/mol. The van der Waals surface area contributed by atoms with E-state index in [0.29, 0.717) is 38.3 Å². The van der Waals surface area contributed by atoms with Crippen LogP contribution >= 0.6 is 0 Å². The van der Waals surface area contributed by atoms with Gasteiger partial charge in [-0.15, -0.1) is 0 Å². The van der Waals surface area contributed by atoms with Gasteiger partial charge in [0.1, 0.15) is 5.82 Å². The fourth-order valence-electron chi connectivity index (χ4n) is 3.63. The van der Waals surface area contributed by atoms with Crippen LogP contribution in [0.4, 0.5) is 0 Å². The molecule has 9 heteroatoms. The first-order valence-corrected chi connectivity index (χ1v) is 11.7. The maximum atomic E-state index is 12.8. The molecular formula is C21H31N5O3S. The first kappa shape index (κ1) is 22.5. The van der Waals surface area contributed by atoms with Crippen LogP contribution in [-0.2, 0) is 28.4 Å². The minimum atomic E-state index is -3.61. The molecule has 1 fully saturated rings. The van der Waals surface area contributed by atoms with E-state index in [1.54, 1.807) is 18.5 Å². The van der Waals surface area contributed by atoms with E-state index in [1.807, 2.05) is 25.2 Å². The third-order valence-corrected chi connectivity index (χ3v) is 7.37. The molecule has 164 valence electrons. The molecule has 0 spiro atoms. The fourth-order valence-corrected chi connectivity index (χ4v) is 5.12. The van der Waals surface area contributed by atoms with Crippen molar-refractivity contribution >= 4 is 15.9 Å². The fraction of sp³-hybridized carbons (Fsp3) is 0.524. The number of hydrogen-bond donors (Lipinski definition) is 1. The van der Waals surface area contributed by atoms with Gasteiger partial charge in [-0.25, -0.2) is 13.4 Å². The van der Waals surface area contributed by atoms with E-state index in [0.717, 1.165) is 13.1 Å². The van der Waals surface area contributed by atoms with Crippen LogP contribution < -0.4 is 5.32 Å². The largest absolute Gasteiger partial charge is 0.355 e. The average Bonchev–Trinajstić information content (AvgIpc) is 3.08. The molecule has 0 atom stereocenters. The molecule has 0 bridgehead atoms. The molecule has 1 N–H and O–H groups in total. The maximum Gasteiger partial charge on any atom is 0.262 e. The second-order valence-corrected chi connectivity index (χ2v) is 9.81. The molecule has 0 radical (unpaired) electrons. The van der Waals surface area contributed by atoms with Gasteiger partial charge in [0.15, 0.2) is 5.03 Å². The number of benzene rings is 1. The predicted octanol–water partition coefficient (Wildman–Crippen LogP) is 1.38. The summed E-state index contributed by atoms with van der Waals surface area (Å²) >= 11 is 0. The van der Waals surface area contributed by atoms with Gasteiger partial charge in [-0.1, -0.05) is 30.3 Å². The van der Waals surface area contributed by atoms with Crippen LogP contribution in [0.2, 0.25) is 0 Å². The van der Waals surface area contributed by atoms with E-state index in [4.69, 9.17) is 0 Å². The summed E-state index contributed by atoms with van der Waals surface area (Å²) in [5.41, 5.74) is 1.24. The second kappa shape index (κ2) is 9.72. The summed E-state index contributed by atoms with van der Waals surface area (Å²) in [6.45, 7) is 4.61. The Labute approximate surface area is 178 Å². The number of hydrogen-bond acceptors (Lipinski definition) is 5. The van der Waals surface area contributed by atoms with E-state index < -0.39 is 10.0 Å². The van der Waals surface area contributed by atoms with E-state index >= 15 is 0 Å². The minimum Gasteiger partial charge on any atom is -0.355 e. The van der Waals surface area contributed by atoms with Crippen molar-refractivity contribution in [2.75, 3.05) is 33.2 Å². The number of aromatic nitrogens is 2. The molecule has 1 aromatic heterocycles. The van der Waals surface area contributed by atoms with Crippen molar-refractivity contribution in [1.82, 2.24) is 24.1 Å². The Bertz CT molecular complexity index is 931. The zero-order chi connectivity index (χ0) is 21.7. The quantitative estimate of drug-likeness (QED) is 0.680. The molecule has 30 heavy (non-hydrogen) atoms. The molecular weight excluding hydrogens is 402 g/mol. The van der Waals surface area contributed by atoms with Crippen LogP contribution in [0.3, 0.4) is 0 Å². The van der Waals surface area contributed by atoms with E-state index in [1.165, 1.54) is 16.1 Å². The van der Waals surface area contributed by atoms with Crippen molar-refractivity contribution < 1.29 is 13.2 Å². The number of nitrogens with one attached hydrogen (secondary N) is 1. The Morgan fingerprint density at radius 2 is 1.90 bits per heavy atom. The van der Waals surface area contributed by atoms with E-state index in [-0.39, 0.29) is 16.9 Å². The maximum absolute atomic E-state index is 12.8. The molecule has 1 saturated heterocycles. The Morgan fingerprint density at radius 3 is 2.50 bits per heavy atom. The number of nitrogens with zero attached hydrogens (tertiary/aromatic N) is 4. The first-order valence-electron chi connectivity index (χ1n) is 10.3. The number of piperidine rings is 1. The molecule has 1 aromatic carbocycles. The van der Waals surface area contributed by atoms with Gasteiger partial charge < -0.3 is 14.8 Å². The minimum absolute atomic E-state index is 0.00818. The standard InChI is InChI=1S/C21H31N5O3S/c1-17-23-20(16-25(17)3)30(28,29)26-12-9-19(10-13-26)21(27)22-11-14-24(2)15-18-7-5-4-6-8-18/h4-8,16,19H,9-15H2,1-3H3,(H,22,27). The van der Waals surface area contributed by atoms with Gasteiger partial charge in [-0.05, 0) is 32.4 Å². The zero-order valence-electron chi connectivity index (χ0n) is 17.9. The highest BCUT2D eigenvalue weighted by atomic mass is 32.2. The smallest absolute Gasteiger partial charge is 0.262 e. The van der Waals surface area contributed by atoms with Gasteiger partial charge in [0.05, 0.1) is 0 Å². The highest BCUT2D eigenvalue weighted by molar-refractivity contribution is 7.89. The van der Waals surface area contributed by atoms with Gasteiger partial charge in [0, 0.05) is 51.9 Å². The van der Waals surface area contributed by atoms with E-state index in [9.17, 15) is 13.2 Å². The first-order chi connectivity index (χ1) is 14.3. The highest BCUT2D eigenvalue weighted by Crippen LogP contribution is 2.23. The van der Waals surface area contributed by atoms with Crippen LogP contribution in [0.1, 0.15) is 24.2 Å². The third-order valence-electron chi connectivity index (χ3n) is 5.60. The molecule has 0 saturated carbocycles. The number of carbonyl (C=O) groups is 1.